The van der Waals surface area contributed by atoms with Crippen molar-refractivity contribution in [2.75, 3.05) is 7.05 Å². The van der Waals surface area contributed by atoms with Gasteiger partial charge in [0.25, 0.3) is 0 Å². The standard InChI is InChI=1S/C13H24N2O.ClH/c1-4-9(2)13(16)15(3)12-7-10-5-6-11(8-12)14-10;/h9-12,14H,4-8H2,1-3H3;1H. The maximum Gasteiger partial charge on any atom is 0.225 e. The van der Waals surface area contributed by atoms with Crippen molar-refractivity contribution < 1.29 is 4.79 Å². The zero-order chi connectivity index (χ0) is 11.7. The van der Waals surface area contributed by atoms with E-state index in [4.69, 9.17) is 0 Å². The van der Waals surface area contributed by atoms with Gasteiger partial charge in [-0.1, -0.05) is 13.8 Å². The molecule has 2 bridgehead atoms. The number of nitrogens with zero attached hydrogens (tertiary/aromatic N) is 1. The van der Waals surface area contributed by atoms with Gasteiger partial charge in [0, 0.05) is 31.1 Å². The Morgan fingerprint density at radius 1 is 1.35 bits per heavy atom. The fraction of sp³-hybridized carbons (Fsp3) is 0.923. The summed E-state index contributed by atoms with van der Waals surface area (Å²) in [5.41, 5.74) is 0. The van der Waals surface area contributed by atoms with Crippen LogP contribution in [0.2, 0.25) is 0 Å². The molecule has 0 aliphatic carbocycles. The van der Waals surface area contributed by atoms with Crippen LogP contribution in [0.5, 0.6) is 0 Å². The van der Waals surface area contributed by atoms with Gasteiger partial charge in [0.1, 0.15) is 0 Å². The summed E-state index contributed by atoms with van der Waals surface area (Å²) >= 11 is 0. The van der Waals surface area contributed by atoms with Crippen LogP contribution in [-0.4, -0.2) is 36.0 Å². The highest BCUT2D eigenvalue weighted by Crippen LogP contribution is 2.29. The molecule has 3 atom stereocenters. The molecule has 1 amide bonds. The van der Waals surface area contributed by atoms with Gasteiger partial charge in [-0.2, -0.15) is 0 Å². The first-order valence-corrected chi connectivity index (χ1v) is 6.64. The second-order valence-electron chi connectivity index (χ2n) is 5.52. The van der Waals surface area contributed by atoms with Crippen LogP contribution < -0.4 is 5.32 Å². The van der Waals surface area contributed by atoms with E-state index in [2.05, 4.69) is 12.2 Å². The molecule has 1 N–H and O–H groups in total. The molecule has 0 radical (unpaired) electrons. The maximum atomic E-state index is 12.1. The molecule has 0 saturated carbocycles. The lowest BCUT2D eigenvalue weighted by Gasteiger charge is -2.36. The Labute approximate surface area is 111 Å². The zero-order valence-electron chi connectivity index (χ0n) is 11.1. The van der Waals surface area contributed by atoms with Gasteiger partial charge in [-0.3, -0.25) is 4.79 Å². The number of fused-ring (bicyclic) bond motifs is 2. The van der Waals surface area contributed by atoms with Crippen LogP contribution in [0.3, 0.4) is 0 Å². The van der Waals surface area contributed by atoms with Crippen LogP contribution in [0.1, 0.15) is 46.0 Å². The number of carbonyl (C=O) groups excluding carboxylic acids is 1. The first-order valence-electron chi connectivity index (χ1n) is 6.64. The van der Waals surface area contributed by atoms with Crippen molar-refractivity contribution >= 4 is 18.3 Å². The number of rotatable bonds is 3. The Bertz CT molecular complexity index is 260. The Hall–Kier alpha value is -0.280. The molecule has 2 aliphatic rings. The van der Waals surface area contributed by atoms with Crippen molar-refractivity contribution in [3.8, 4) is 0 Å². The summed E-state index contributed by atoms with van der Waals surface area (Å²) in [6.07, 6.45) is 5.84. The minimum Gasteiger partial charge on any atom is -0.342 e. The lowest BCUT2D eigenvalue weighted by Crippen LogP contribution is -2.49. The minimum absolute atomic E-state index is 0. The van der Waals surface area contributed by atoms with E-state index in [0.29, 0.717) is 24.0 Å². The Morgan fingerprint density at radius 2 is 1.88 bits per heavy atom. The molecule has 3 unspecified atom stereocenters. The molecule has 0 aromatic heterocycles. The molecule has 3 nitrogen and oxygen atoms in total. The van der Waals surface area contributed by atoms with Crippen LogP contribution in [0.4, 0.5) is 0 Å². The Kier molecular flexibility index (Phi) is 5.26. The van der Waals surface area contributed by atoms with E-state index >= 15 is 0 Å². The van der Waals surface area contributed by atoms with Crippen molar-refractivity contribution in [3.63, 3.8) is 0 Å². The SMILES string of the molecule is CCC(C)C(=O)N(C)C1CC2CCC(C1)N2.Cl. The maximum absolute atomic E-state index is 12.1. The third kappa shape index (κ3) is 3.14. The molecular weight excluding hydrogens is 236 g/mol. The highest BCUT2D eigenvalue weighted by Gasteiger charge is 2.36. The van der Waals surface area contributed by atoms with Crippen LogP contribution in [0.15, 0.2) is 0 Å². The quantitative estimate of drug-likeness (QED) is 0.844. The molecule has 0 aromatic carbocycles. The number of hydrogen-bond acceptors (Lipinski definition) is 2. The van der Waals surface area contributed by atoms with Crippen molar-refractivity contribution in [3.05, 3.63) is 0 Å². The van der Waals surface area contributed by atoms with Gasteiger partial charge >= 0.3 is 0 Å². The number of nitrogens with one attached hydrogen (secondary N) is 1. The zero-order valence-corrected chi connectivity index (χ0v) is 11.9. The lowest BCUT2D eigenvalue weighted by molar-refractivity contribution is -0.136. The molecule has 17 heavy (non-hydrogen) atoms. The molecule has 2 saturated heterocycles. The molecule has 0 aromatic rings. The van der Waals surface area contributed by atoms with Gasteiger partial charge in [-0.15, -0.1) is 12.4 Å². The van der Waals surface area contributed by atoms with E-state index in [9.17, 15) is 4.79 Å². The number of hydrogen-bond donors (Lipinski definition) is 1. The summed E-state index contributed by atoms with van der Waals surface area (Å²) in [4.78, 5) is 14.1. The van der Waals surface area contributed by atoms with Gasteiger partial charge < -0.3 is 10.2 Å². The van der Waals surface area contributed by atoms with Crippen LogP contribution in [0, 0.1) is 5.92 Å². The smallest absolute Gasteiger partial charge is 0.225 e. The van der Waals surface area contributed by atoms with Gasteiger partial charge in [-0.25, -0.2) is 0 Å². The molecule has 0 spiro atoms. The average Bonchev–Trinajstić information content (AvgIpc) is 2.65. The second-order valence-corrected chi connectivity index (χ2v) is 5.52. The van der Waals surface area contributed by atoms with Crippen LogP contribution in [-0.2, 0) is 4.79 Å². The van der Waals surface area contributed by atoms with Gasteiger partial charge in [0.15, 0.2) is 0 Å². The lowest BCUT2D eigenvalue weighted by atomic mass is 9.97. The van der Waals surface area contributed by atoms with Crippen molar-refractivity contribution in [2.24, 2.45) is 5.92 Å². The van der Waals surface area contributed by atoms with E-state index in [-0.39, 0.29) is 18.3 Å². The first kappa shape index (κ1) is 14.8. The van der Waals surface area contributed by atoms with E-state index in [1.165, 1.54) is 12.8 Å². The van der Waals surface area contributed by atoms with Crippen LogP contribution >= 0.6 is 12.4 Å². The molecule has 2 heterocycles. The molecular formula is C13H25ClN2O. The molecule has 4 heteroatoms. The minimum atomic E-state index is 0. The predicted molar refractivity (Wildman–Crippen MR) is 72.4 cm³/mol. The number of halogens is 1. The predicted octanol–water partition coefficient (Wildman–Crippen LogP) is 2.20. The molecule has 2 aliphatic heterocycles. The Morgan fingerprint density at radius 3 is 2.35 bits per heavy atom. The third-order valence-electron chi connectivity index (χ3n) is 4.38. The largest absolute Gasteiger partial charge is 0.342 e. The van der Waals surface area contributed by atoms with E-state index < -0.39 is 0 Å². The number of amides is 1. The van der Waals surface area contributed by atoms with Crippen molar-refractivity contribution in [1.29, 1.82) is 0 Å². The monoisotopic (exact) mass is 260 g/mol. The van der Waals surface area contributed by atoms with Crippen molar-refractivity contribution in [1.82, 2.24) is 10.2 Å². The highest BCUT2D eigenvalue weighted by atomic mass is 35.5. The normalized spacial score (nSPS) is 32.8. The highest BCUT2D eigenvalue weighted by molar-refractivity contribution is 5.85. The van der Waals surface area contributed by atoms with E-state index in [1.807, 2.05) is 18.9 Å². The average molecular weight is 261 g/mol. The first-order chi connectivity index (χ1) is 7.61. The summed E-state index contributed by atoms with van der Waals surface area (Å²) in [5.74, 6) is 0.506. The number of piperidine rings is 1. The summed E-state index contributed by atoms with van der Waals surface area (Å²) < 4.78 is 0. The second kappa shape index (κ2) is 6.05. The number of carbonyl (C=O) groups is 1. The topological polar surface area (TPSA) is 32.3 Å². The summed E-state index contributed by atoms with van der Waals surface area (Å²) in [6, 6.07) is 1.80. The molecule has 2 rings (SSSR count). The van der Waals surface area contributed by atoms with E-state index in [1.54, 1.807) is 0 Å². The van der Waals surface area contributed by atoms with Crippen molar-refractivity contribution in [2.45, 2.75) is 64.1 Å². The third-order valence-corrected chi connectivity index (χ3v) is 4.38. The van der Waals surface area contributed by atoms with E-state index in [0.717, 1.165) is 19.3 Å². The Balaban J connectivity index is 0.00000144. The van der Waals surface area contributed by atoms with Crippen LogP contribution in [0.25, 0.3) is 0 Å². The molecule has 2 fully saturated rings. The fourth-order valence-corrected chi connectivity index (χ4v) is 3.05. The summed E-state index contributed by atoms with van der Waals surface area (Å²) in [5, 5.41) is 3.62. The molecule has 100 valence electrons. The van der Waals surface area contributed by atoms with Gasteiger partial charge in [0.05, 0.1) is 0 Å². The summed E-state index contributed by atoms with van der Waals surface area (Å²) in [7, 11) is 1.99. The van der Waals surface area contributed by atoms with Gasteiger partial charge in [-0.05, 0) is 32.1 Å². The summed E-state index contributed by atoms with van der Waals surface area (Å²) in [6.45, 7) is 4.12. The fourth-order valence-electron chi connectivity index (χ4n) is 3.05. The van der Waals surface area contributed by atoms with Gasteiger partial charge in [0.2, 0.25) is 5.91 Å².